The lowest BCUT2D eigenvalue weighted by atomic mass is 9.69. The highest BCUT2D eigenvalue weighted by Gasteiger charge is 2.29. The summed E-state index contributed by atoms with van der Waals surface area (Å²) in [5.74, 6) is 0.985. The van der Waals surface area contributed by atoms with Crippen molar-refractivity contribution in [1.29, 1.82) is 0 Å². The van der Waals surface area contributed by atoms with Gasteiger partial charge in [0.05, 0.1) is 0 Å². The zero-order valence-corrected chi connectivity index (χ0v) is 11.9. The minimum absolute atomic E-state index is 0.697. The summed E-state index contributed by atoms with van der Waals surface area (Å²) in [5.41, 5.74) is 0.697. The molecule has 0 aliphatic heterocycles. The fourth-order valence-corrected chi connectivity index (χ4v) is 3.48. The van der Waals surface area contributed by atoms with Crippen LogP contribution in [0.2, 0.25) is 0 Å². The number of unbranched alkanes of at least 4 members (excludes halogenated alkanes) is 5. The first-order valence-corrected chi connectivity index (χ1v) is 7.66. The van der Waals surface area contributed by atoms with Crippen molar-refractivity contribution >= 4 is 0 Å². The molecule has 0 amide bonds. The Morgan fingerprint density at radius 1 is 1.06 bits per heavy atom. The van der Waals surface area contributed by atoms with Gasteiger partial charge in [0.15, 0.2) is 0 Å². The summed E-state index contributed by atoms with van der Waals surface area (Å²) in [6.07, 6.45) is 16.1. The fourth-order valence-electron chi connectivity index (χ4n) is 3.48. The zero-order chi connectivity index (χ0) is 11.9. The Hall–Kier alpha value is 0. The predicted molar refractivity (Wildman–Crippen MR) is 73.7 cm³/mol. The summed E-state index contributed by atoms with van der Waals surface area (Å²) >= 11 is 0. The van der Waals surface area contributed by atoms with Crippen molar-refractivity contribution in [2.24, 2.45) is 11.3 Å². The van der Waals surface area contributed by atoms with Crippen LogP contribution >= 0.6 is 0 Å². The van der Waals surface area contributed by atoms with Crippen molar-refractivity contribution in [1.82, 2.24) is 0 Å². The van der Waals surface area contributed by atoms with Crippen LogP contribution in [0.15, 0.2) is 0 Å². The largest absolute Gasteiger partial charge is 0.0654 e. The Morgan fingerprint density at radius 3 is 2.44 bits per heavy atom. The Labute approximate surface area is 103 Å². The maximum Gasteiger partial charge on any atom is -0.0323 e. The second kappa shape index (κ2) is 7.35. The van der Waals surface area contributed by atoms with Gasteiger partial charge >= 0.3 is 0 Å². The van der Waals surface area contributed by atoms with Crippen LogP contribution in [0.25, 0.3) is 0 Å². The summed E-state index contributed by atoms with van der Waals surface area (Å²) in [4.78, 5) is 0. The zero-order valence-electron chi connectivity index (χ0n) is 11.9. The monoisotopic (exact) mass is 224 g/mol. The minimum Gasteiger partial charge on any atom is -0.0654 e. The van der Waals surface area contributed by atoms with Crippen molar-refractivity contribution in [3.05, 3.63) is 0 Å². The molecule has 0 aromatic rings. The molecule has 1 aliphatic rings. The van der Waals surface area contributed by atoms with Crippen LogP contribution < -0.4 is 0 Å². The molecule has 0 aromatic heterocycles. The normalized spacial score (nSPS) is 30.6. The van der Waals surface area contributed by atoms with Crippen LogP contribution in [0.5, 0.6) is 0 Å². The van der Waals surface area contributed by atoms with E-state index in [9.17, 15) is 0 Å². The number of hydrogen-bond donors (Lipinski definition) is 0. The molecular formula is C16H32. The smallest absolute Gasteiger partial charge is 0.0323 e. The molecule has 1 rings (SSSR count). The quantitative estimate of drug-likeness (QED) is 0.468. The van der Waals surface area contributed by atoms with Gasteiger partial charge in [-0.1, -0.05) is 72.1 Å². The highest BCUT2D eigenvalue weighted by molar-refractivity contribution is 4.81. The standard InChI is InChI=1S/C16H32/c1-4-5-6-7-8-9-12-16(3)13-10-11-15(2)14-16/h15H,4-14H2,1-3H3. The fraction of sp³-hybridized carbons (Fsp3) is 1.00. The molecular weight excluding hydrogens is 192 g/mol. The lowest BCUT2D eigenvalue weighted by Crippen LogP contribution is -2.24. The third kappa shape index (κ3) is 5.37. The van der Waals surface area contributed by atoms with Crippen LogP contribution in [-0.2, 0) is 0 Å². The van der Waals surface area contributed by atoms with Gasteiger partial charge in [0.25, 0.3) is 0 Å². The molecule has 1 fully saturated rings. The van der Waals surface area contributed by atoms with E-state index in [2.05, 4.69) is 20.8 Å². The third-order valence-electron chi connectivity index (χ3n) is 4.45. The van der Waals surface area contributed by atoms with E-state index in [1.165, 1.54) is 70.6 Å². The molecule has 0 nitrogen and oxygen atoms in total. The first-order chi connectivity index (χ1) is 7.66. The lowest BCUT2D eigenvalue weighted by Gasteiger charge is -2.37. The molecule has 1 aliphatic carbocycles. The van der Waals surface area contributed by atoms with Crippen LogP contribution in [0.1, 0.15) is 91.4 Å². The molecule has 2 unspecified atom stereocenters. The van der Waals surface area contributed by atoms with Crippen molar-refractivity contribution in [2.45, 2.75) is 91.4 Å². The van der Waals surface area contributed by atoms with Gasteiger partial charge in [-0.3, -0.25) is 0 Å². The van der Waals surface area contributed by atoms with Crippen molar-refractivity contribution < 1.29 is 0 Å². The van der Waals surface area contributed by atoms with Crippen LogP contribution in [-0.4, -0.2) is 0 Å². The summed E-state index contributed by atoms with van der Waals surface area (Å²) in [6, 6.07) is 0. The first-order valence-electron chi connectivity index (χ1n) is 7.66. The van der Waals surface area contributed by atoms with Gasteiger partial charge in [0.2, 0.25) is 0 Å². The van der Waals surface area contributed by atoms with E-state index < -0.39 is 0 Å². The molecule has 1 saturated carbocycles. The summed E-state index contributed by atoms with van der Waals surface area (Å²) < 4.78 is 0. The van der Waals surface area contributed by atoms with E-state index in [1.54, 1.807) is 0 Å². The van der Waals surface area contributed by atoms with Crippen LogP contribution in [0.4, 0.5) is 0 Å². The molecule has 0 saturated heterocycles. The van der Waals surface area contributed by atoms with Crippen molar-refractivity contribution in [3.8, 4) is 0 Å². The van der Waals surface area contributed by atoms with Gasteiger partial charge in [-0.15, -0.1) is 0 Å². The molecule has 96 valence electrons. The van der Waals surface area contributed by atoms with E-state index in [0.717, 1.165) is 5.92 Å². The predicted octanol–water partition coefficient (Wildman–Crippen LogP) is 5.95. The summed E-state index contributed by atoms with van der Waals surface area (Å²) in [6.45, 7) is 7.28. The molecule has 0 aromatic carbocycles. The average Bonchev–Trinajstić information content (AvgIpc) is 2.23. The molecule has 0 heteroatoms. The number of rotatable bonds is 7. The van der Waals surface area contributed by atoms with Crippen LogP contribution in [0, 0.1) is 11.3 Å². The summed E-state index contributed by atoms with van der Waals surface area (Å²) in [7, 11) is 0. The molecule has 0 N–H and O–H groups in total. The molecule has 16 heavy (non-hydrogen) atoms. The molecule has 2 atom stereocenters. The molecule has 0 bridgehead atoms. The van der Waals surface area contributed by atoms with Gasteiger partial charge in [-0.05, 0) is 30.6 Å². The third-order valence-corrected chi connectivity index (χ3v) is 4.45. The van der Waals surface area contributed by atoms with E-state index in [4.69, 9.17) is 0 Å². The van der Waals surface area contributed by atoms with E-state index in [-0.39, 0.29) is 0 Å². The highest BCUT2D eigenvalue weighted by atomic mass is 14.3. The maximum atomic E-state index is 2.54. The van der Waals surface area contributed by atoms with Gasteiger partial charge in [0.1, 0.15) is 0 Å². The Kier molecular flexibility index (Phi) is 6.46. The Morgan fingerprint density at radius 2 is 1.75 bits per heavy atom. The van der Waals surface area contributed by atoms with Gasteiger partial charge in [-0.25, -0.2) is 0 Å². The van der Waals surface area contributed by atoms with Crippen LogP contribution in [0.3, 0.4) is 0 Å². The molecule has 0 heterocycles. The molecule has 0 spiro atoms. The van der Waals surface area contributed by atoms with Crippen molar-refractivity contribution in [3.63, 3.8) is 0 Å². The maximum absolute atomic E-state index is 2.54. The molecule has 0 radical (unpaired) electrons. The second-order valence-corrected chi connectivity index (χ2v) is 6.53. The topological polar surface area (TPSA) is 0 Å². The highest BCUT2D eigenvalue weighted by Crippen LogP contribution is 2.42. The average molecular weight is 224 g/mol. The minimum atomic E-state index is 0.697. The SMILES string of the molecule is CCCCCCCCC1(C)CCCC(C)C1. The van der Waals surface area contributed by atoms with Gasteiger partial charge in [0, 0.05) is 0 Å². The summed E-state index contributed by atoms with van der Waals surface area (Å²) in [5, 5.41) is 0. The second-order valence-electron chi connectivity index (χ2n) is 6.53. The van der Waals surface area contributed by atoms with Crippen molar-refractivity contribution in [2.75, 3.05) is 0 Å². The first kappa shape index (κ1) is 14.1. The lowest BCUT2D eigenvalue weighted by molar-refractivity contribution is 0.150. The Bertz CT molecular complexity index is 173. The van der Waals surface area contributed by atoms with E-state index in [1.807, 2.05) is 0 Å². The van der Waals surface area contributed by atoms with E-state index >= 15 is 0 Å². The van der Waals surface area contributed by atoms with Gasteiger partial charge < -0.3 is 0 Å². The van der Waals surface area contributed by atoms with E-state index in [0.29, 0.717) is 5.41 Å². The Balaban J connectivity index is 2.06. The number of hydrogen-bond acceptors (Lipinski definition) is 0. The van der Waals surface area contributed by atoms with Gasteiger partial charge in [-0.2, -0.15) is 0 Å².